The Hall–Kier alpha value is -2.89. The van der Waals surface area contributed by atoms with Gasteiger partial charge in [0.25, 0.3) is 0 Å². The molecule has 0 aliphatic heterocycles. The Balaban J connectivity index is 1.76. The molecule has 0 aromatic heterocycles. The van der Waals surface area contributed by atoms with Crippen LogP contribution in [0.15, 0.2) is 72.8 Å². The van der Waals surface area contributed by atoms with Gasteiger partial charge < -0.3 is 15.4 Å². The zero-order chi connectivity index (χ0) is 19.9. The van der Waals surface area contributed by atoms with Crippen LogP contribution < -0.4 is 15.4 Å². The van der Waals surface area contributed by atoms with Crippen LogP contribution >= 0.6 is 23.8 Å². The minimum Gasteiger partial charge on any atom is -0.494 e. The van der Waals surface area contributed by atoms with Gasteiger partial charge in [-0.05, 0) is 61.6 Å². The Labute approximate surface area is 174 Å². The molecule has 0 saturated carbocycles. The average molecular weight is 411 g/mol. The Morgan fingerprint density at radius 3 is 2.39 bits per heavy atom. The van der Waals surface area contributed by atoms with Crippen LogP contribution in [-0.4, -0.2) is 17.5 Å². The van der Waals surface area contributed by atoms with E-state index in [1.807, 2.05) is 49.4 Å². The van der Waals surface area contributed by atoms with Crippen molar-refractivity contribution in [2.24, 2.45) is 0 Å². The number of benzene rings is 3. The van der Waals surface area contributed by atoms with E-state index in [1.54, 1.807) is 30.3 Å². The van der Waals surface area contributed by atoms with E-state index in [1.165, 1.54) is 0 Å². The number of hydrogen-bond donors (Lipinski definition) is 2. The minimum atomic E-state index is -0.130. The van der Waals surface area contributed by atoms with Gasteiger partial charge in [-0.25, -0.2) is 0 Å². The maximum Gasteiger partial charge on any atom is 0.195 e. The minimum absolute atomic E-state index is 0.130. The van der Waals surface area contributed by atoms with Gasteiger partial charge in [0, 0.05) is 21.8 Å². The van der Waals surface area contributed by atoms with Gasteiger partial charge in [0.1, 0.15) is 5.75 Å². The van der Waals surface area contributed by atoms with Gasteiger partial charge in [0.2, 0.25) is 0 Å². The first kappa shape index (κ1) is 19.9. The zero-order valence-electron chi connectivity index (χ0n) is 15.2. The van der Waals surface area contributed by atoms with E-state index in [2.05, 4.69) is 10.6 Å². The number of carbonyl (C=O) groups excluding carboxylic acids is 1. The molecule has 0 unspecified atom stereocenters. The molecular formula is C22H19ClN2O2S. The summed E-state index contributed by atoms with van der Waals surface area (Å²) in [6.07, 6.45) is 0. The van der Waals surface area contributed by atoms with Crippen LogP contribution in [0.1, 0.15) is 22.8 Å². The Bertz CT molecular complexity index is 976. The van der Waals surface area contributed by atoms with E-state index in [0.29, 0.717) is 33.6 Å². The number of ether oxygens (including phenoxy) is 1. The van der Waals surface area contributed by atoms with E-state index in [4.69, 9.17) is 28.6 Å². The van der Waals surface area contributed by atoms with E-state index in [0.717, 1.165) is 11.4 Å². The molecule has 6 heteroatoms. The second kappa shape index (κ2) is 9.35. The number of rotatable bonds is 6. The van der Waals surface area contributed by atoms with Crippen LogP contribution in [0, 0.1) is 0 Å². The van der Waals surface area contributed by atoms with Gasteiger partial charge in [-0.3, -0.25) is 4.79 Å². The molecule has 0 amide bonds. The van der Waals surface area contributed by atoms with E-state index >= 15 is 0 Å². The largest absolute Gasteiger partial charge is 0.494 e. The Morgan fingerprint density at radius 2 is 1.71 bits per heavy atom. The number of halogens is 1. The number of hydrogen-bond acceptors (Lipinski definition) is 3. The highest BCUT2D eigenvalue weighted by Crippen LogP contribution is 2.24. The second-order valence-electron chi connectivity index (χ2n) is 5.92. The molecule has 0 aliphatic carbocycles. The fraction of sp³-hybridized carbons (Fsp3) is 0.0909. The molecule has 28 heavy (non-hydrogen) atoms. The van der Waals surface area contributed by atoms with Crippen molar-refractivity contribution in [3.63, 3.8) is 0 Å². The summed E-state index contributed by atoms with van der Waals surface area (Å²) >= 11 is 11.5. The lowest BCUT2D eigenvalue weighted by atomic mass is 10.0. The predicted octanol–water partition coefficient (Wildman–Crippen LogP) is 5.78. The Morgan fingerprint density at radius 1 is 1.00 bits per heavy atom. The molecule has 0 aliphatic rings. The van der Waals surface area contributed by atoms with Crippen LogP contribution in [0.5, 0.6) is 5.75 Å². The number of carbonyl (C=O) groups is 1. The third-order valence-electron chi connectivity index (χ3n) is 3.93. The second-order valence-corrected chi connectivity index (χ2v) is 6.77. The number of anilines is 2. The van der Waals surface area contributed by atoms with Crippen molar-refractivity contribution in [1.82, 2.24) is 0 Å². The number of ketones is 1. The average Bonchev–Trinajstić information content (AvgIpc) is 2.71. The lowest BCUT2D eigenvalue weighted by molar-refractivity contribution is 0.103. The van der Waals surface area contributed by atoms with Crippen molar-refractivity contribution in [1.29, 1.82) is 0 Å². The molecule has 0 saturated heterocycles. The van der Waals surface area contributed by atoms with Crippen molar-refractivity contribution >= 4 is 46.1 Å². The molecular weight excluding hydrogens is 392 g/mol. The fourth-order valence-corrected chi connectivity index (χ4v) is 3.04. The molecule has 142 valence electrons. The summed E-state index contributed by atoms with van der Waals surface area (Å²) in [6.45, 7) is 2.55. The quantitative estimate of drug-likeness (QED) is 0.398. The number of nitrogens with one attached hydrogen (secondary N) is 2. The molecule has 0 fully saturated rings. The van der Waals surface area contributed by atoms with Crippen LogP contribution in [0.4, 0.5) is 11.4 Å². The lowest BCUT2D eigenvalue weighted by Gasteiger charge is -2.14. The van der Waals surface area contributed by atoms with Crippen molar-refractivity contribution in [3.05, 3.63) is 88.9 Å². The fourth-order valence-electron chi connectivity index (χ4n) is 2.64. The summed E-state index contributed by atoms with van der Waals surface area (Å²) in [6, 6.07) is 21.6. The Kier molecular flexibility index (Phi) is 6.63. The summed E-state index contributed by atoms with van der Waals surface area (Å²) in [5.41, 5.74) is 2.43. The van der Waals surface area contributed by atoms with Gasteiger partial charge in [0.15, 0.2) is 10.9 Å². The standard InChI is InChI=1S/C22H19ClN2O2S/c1-2-27-18-11-9-17(10-12-18)24-22(28)25-20-13-8-16(23)14-19(20)21(26)15-6-4-3-5-7-15/h3-14H,2H2,1H3,(H2,24,25,28). The lowest BCUT2D eigenvalue weighted by Crippen LogP contribution is -2.20. The topological polar surface area (TPSA) is 50.4 Å². The summed E-state index contributed by atoms with van der Waals surface area (Å²) < 4.78 is 5.43. The van der Waals surface area contributed by atoms with E-state index in [9.17, 15) is 4.79 Å². The van der Waals surface area contributed by atoms with Gasteiger partial charge in [-0.15, -0.1) is 0 Å². The highest BCUT2D eigenvalue weighted by molar-refractivity contribution is 7.80. The van der Waals surface area contributed by atoms with Crippen LogP contribution in [-0.2, 0) is 0 Å². The van der Waals surface area contributed by atoms with Crippen LogP contribution in [0.25, 0.3) is 0 Å². The normalized spacial score (nSPS) is 10.2. The van der Waals surface area contributed by atoms with Crippen molar-refractivity contribution in [3.8, 4) is 5.75 Å². The molecule has 0 atom stereocenters. The van der Waals surface area contributed by atoms with Crippen LogP contribution in [0.2, 0.25) is 5.02 Å². The molecule has 4 nitrogen and oxygen atoms in total. The van der Waals surface area contributed by atoms with Gasteiger partial charge >= 0.3 is 0 Å². The first-order chi connectivity index (χ1) is 13.6. The maximum atomic E-state index is 12.9. The summed E-state index contributed by atoms with van der Waals surface area (Å²) in [5, 5.41) is 7.04. The van der Waals surface area contributed by atoms with Crippen LogP contribution in [0.3, 0.4) is 0 Å². The highest BCUT2D eigenvalue weighted by Gasteiger charge is 2.15. The number of thiocarbonyl (C=S) groups is 1. The first-order valence-corrected chi connectivity index (χ1v) is 9.55. The molecule has 3 aromatic rings. The summed E-state index contributed by atoms with van der Waals surface area (Å²) in [7, 11) is 0. The van der Waals surface area contributed by atoms with E-state index < -0.39 is 0 Å². The predicted molar refractivity (Wildman–Crippen MR) is 119 cm³/mol. The van der Waals surface area contributed by atoms with Gasteiger partial charge in [-0.1, -0.05) is 41.9 Å². The maximum absolute atomic E-state index is 12.9. The monoisotopic (exact) mass is 410 g/mol. The highest BCUT2D eigenvalue weighted by atomic mass is 35.5. The van der Waals surface area contributed by atoms with Crippen molar-refractivity contribution < 1.29 is 9.53 Å². The van der Waals surface area contributed by atoms with Crippen molar-refractivity contribution in [2.45, 2.75) is 6.92 Å². The first-order valence-electron chi connectivity index (χ1n) is 8.77. The van der Waals surface area contributed by atoms with E-state index in [-0.39, 0.29) is 5.78 Å². The zero-order valence-corrected chi connectivity index (χ0v) is 16.8. The van der Waals surface area contributed by atoms with Gasteiger partial charge in [0.05, 0.1) is 12.3 Å². The third kappa shape index (κ3) is 5.09. The van der Waals surface area contributed by atoms with Gasteiger partial charge in [-0.2, -0.15) is 0 Å². The summed E-state index contributed by atoms with van der Waals surface area (Å²) in [4.78, 5) is 12.9. The molecule has 0 heterocycles. The molecule has 0 bridgehead atoms. The molecule has 3 rings (SSSR count). The third-order valence-corrected chi connectivity index (χ3v) is 4.37. The van der Waals surface area contributed by atoms with Crippen molar-refractivity contribution in [2.75, 3.05) is 17.2 Å². The molecule has 0 radical (unpaired) electrons. The molecule has 0 spiro atoms. The SMILES string of the molecule is CCOc1ccc(NC(=S)Nc2ccc(Cl)cc2C(=O)c2ccccc2)cc1. The summed E-state index contributed by atoms with van der Waals surface area (Å²) in [5.74, 6) is 0.662. The molecule has 2 N–H and O–H groups in total. The molecule has 3 aromatic carbocycles. The smallest absolute Gasteiger partial charge is 0.195 e.